The molecule has 31 heavy (non-hydrogen) atoms. The zero-order valence-corrected chi connectivity index (χ0v) is 16.9. The number of carbonyl (C=O) groups excluding carboxylic acids is 1. The normalized spacial score (nSPS) is 12.5. The predicted molar refractivity (Wildman–Crippen MR) is 111 cm³/mol. The van der Waals surface area contributed by atoms with Crippen LogP contribution in [0, 0.1) is 0 Å². The molecule has 0 radical (unpaired) electrons. The van der Waals surface area contributed by atoms with E-state index in [1.54, 1.807) is 36.2 Å². The van der Waals surface area contributed by atoms with Crippen molar-refractivity contribution in [2.24, 2.45) is 0 Å². The van der Waals surface area contributed by atoms with Crippen molar-refractivity contribution in [3.8, 4) is 11.1 Å². The minimum atomic E-state index is -2.62. The summed E-state index contributed by atoms with van der Waals surface area (Å²) in [6.07, 6.45) is 3.98. The third-order valence-corrected chi connectivity index (χ3v) is 4.69. The number of pyridine rings is 1. The summed E-state index contributed by atoms with van der Waals surface area (Å²) >= 11 is 0. The third-order valence-electron chi connectivity index (χ3n) is 4.69. The molecule has 4 heterocycles. The molecule has 11 heteroatoms. The summed E-state index contributed by atoms with van der Waals surface area (Å²) in [6.45, 7) is 1.77. The molecule has 9 nitrogen and oxygen atoms in total. The Bertz CT molecular complexity index is 1220. The second-order valence-electron chi connectivity index (χ2n) is 7.05. The van der Waals surface area contributed by atoms with E-state index in [4.69, 9.17) is 4.74 Å². The number of amides is 1. The van der Waals surface area contributed by atoms with Gasteiger partial charge in [-0.2, -0.15) is 4.98 Å². The van der Waals surface area contributed by atoms with Gasteiger partial charge in [0.05, 0.1) is 19.3 Å². The number of ether oxygens (including phenoxy) is 1. The molecular formula is C20H21F2N7O2. The summed E-state index contributed by atoms with van der Waals surface area (Å²) in [6, 6.07) is 3.66. The highest BCUT2D eigenvalue weighted by molar-refractivity contribution is 5.95. The molecule has 0 aliphatic carbocycles. The van der Waals surface area contributed by atoms with Gasteiger partial charge in [-0.25, -0.2) is 18.7 Å². The van der Waals surface area contributed by atoms with Crippen LogP contribution in [0.3, 0.4) is 0 Å². The minimum Gasteiger partial charge on any atom is -0.383 e. The van der Waals surface area contributed by atoms with E-state index in [1.165, 1.54) is 6.20 Å². The number of aromatic amines is 1. The maximum atomic E-state index is 12.4. The summed E-state index contributed by atoms with van der Waals surface area (Å²) in [5, 5.41) is 6.17. The Morgan fingerprint density at radius 2 is 2.13 bits per heavy atom. The molecular weight excluding hydrogens is 408 g/mol. The van der Waals surface area contributed by atoms with E-state index in [2.05, 4.69) is 30.6 Å². The number of hydrogen-bond donors (Lipinski definition) is 3. The largest absolute Gasteiger partial charge is 0.383 e. The van der Waals surface area contributed by atoms with E-state index in [9.17, 15) is 13.6 Å². The van der Waals surface area contributed by atoms with Crippen LogP contribution in [0.15, 0.2) is 36.9 Å². The van der Waals surface area contributed by atoms with E-state index in [-0.39, 0.29) is 11.7 Å². The number of fused-ring (bicyclic) bond motifs is 2. The Kier molecular flexibility index (Phi) is 5.76. The summed E-state index contributed by atoms with van der Waals surface area (Å²) in [4.78, 5) is 28.4. The molecule has 4 rings (SSSR count). The number of methoxy groups -OCH3 is 1. The van der Waals surface area contributed by atoms with Crippen molar-refractivity contribution in [3.63, 3.8) is 0 Å². The number of imidazole rings is 1. The van der Waals surface area contributed by atoms with Gasteiger partial charge in [0, 0.05) is 48.3 Å². The number of H-pyrrole nitrogens is 1. The number of nitrogens with zero attached hydrogens (tertiary/aromatic N) is 4. The predicted octanol–water partition coefficient (Wildman–Crippen LogP) is 2.71. The Morgan fingerprint density at radius 1 is 1.29 bits per heavy atom. The molecule has 0 saturated heterocycles. The fraction of sp³-hybridized carbons (Fsp3) is 0.300. The van der Waals surface area contributed by atoms with Crippen LogP contribution in [0.25, 0.3) is 27.8 Å². The molecule has 1 unspecified atom stereocenters. The molecule has 0 fully saturated rings. The lowest BCUT2D eigenvalue weighted by Crippen LogP contribution is -2.29. The van der Waals surface area contributed by atoms with Gasteiger partial charge in [0.2, 0.25) is 5.95 Å². The average Bonchev–Trinajstić information content (AvgIpc) is 3.35. The standard InChI is InChI=1S/C20H21F2N7O2/c1-11(10-31-2)27-20-26-6-14-13(5-24-18(14)28-20)12-3-4-17-23-7-15(29(17)9-12)19(30)25-8-16(21)22/h3-7,9,11,16H,8,10H2,1-2H3,(H,25,30)(H2,24,26,27,28). The molecule has 0 aromatic carbocycles. The van der Waals surface area contributed by atoms with Crippen LogP contribution in [0.2, 0.25) is 0 Å². The van der Waals surface area contributed by atoms with Gasteiger partial charge >= 0.3 is 0 Å². The molecule has 0 saturated carbocycles. The molecule has 0 spiro atoms. The topological polar surface area (TPSA) is 109 Å². The summed E-state index contributed by atoms with van der Waals surface area (Å²) in [7, 11) is 1.63. The number of halogens is 2. The van der Waals surface area contributed by atoms with Crippen molar-refractivity contribution < 1.29 is 18.3 Å². The highest BCUT2D eigenvalue weighted by Crippen LogP contribution is 2.28. The molecule has 3 N–H and O–H groups in total. The lowest BCUT2D eigenvalue weighted by Gasteiger charge is -2.12. The van der Waals surface area contributed by atoms with Crippen molar-refractivity contribution in [3.05, 3.63) is 42.6 Å². The van der Waals surface area contributed by atoms with Crippen LogP contribution in [0.1, 0.15) is 17.4 Å². The zero-order valence-electron chi connectivity index (χ0n) is 16.9. The van der Waals surface area contributed by atoms with Crippen LogP contribution in [0.5, 0.6) is 0 Å². The van der Waals surface area contributed by atoms with Crippen molar-refractivity contribution in [1.82, 2.24) is 29.7 Å². The number of rotatable bonds is 8. The van der Waals surface area contributed by atoms with E-state index in [0.29, 0.717) is 23.8 Å². The Labute approximate surface area is 175 Å². The van der Waals surface area contributed by atoms with Gasteiger partial charge < -0.3 is 20.4 Å². The maximum absolute atomic E-state index is 12.4. The number of aromatic nitrogens is 5. The Morgan fingerprint density at radius 3 is 2.90 bits per heavy atom. The molecule has 162 valence electrons. The van der Waals surface area contributed by atoms with Gasteiger partial charge in [-0.15, -0.1) is 0 Å². The molecule has 0 bridgehead atoms. The molecule has 0 aliphatic heterocycles. The first kappa shape index (κ1) is 20.7. The van der Waals surface area contributed by atoms with Crippen LogP contribution >= 0.6 is 0 Å². The SMILES string of the molecule is COCC(C)Nc1ncc2c(-c3ccc4ncc(C(=O)NCC(F)F)n4c3)c[nH]c2n1. The van der Waals surface area contributed by atoms with Gasteiger partial charge in [0.1, 0.15) is 17.0 Å². The van der Waals surface area contributed by atoms with Gasteiger partial charge in [-0.3, -0.25) is 9.20 Å². The van der Waals surface area contributed by atoms with Gasteiger partial charge in [0.15, 0.2) is 0 Å². The third kappa shape index (κ3) is 4.31. The van der Waals surface area contributed by atoms with E-state index in [1.807, 2.05) is 13.0 Å². The zero-order chi connectivity index (χ0) is 22.0. The number of carbonyl (C=O) groups is 1. The monoisotopic (exact) mass is 429 g/mol. The number of anilines is 1. The molecule has 4 aromatic rings. The maximum Gasteiger partial charge on any atom is 0.270 e. The lowest BCUT2D eigenvalue weighted by atomic mass is 10.1. The molecule has 4 aromatic heterocycles. The molecule has 1 atom stereocenters. The Balaban J connectivity index is 1.65. The highest BCUT2D eigenvalue weighted by Gasteiger charge is 2.16. The highest BCUT2D eigenvalue weighted by atomic mass is 19.3. The minimum absolute atomic E-state index is 0.0511. The quantitative estimate of drug-likeness (QED) is 0.397. The number of nitrogens with one attached hydrogen (secondary N) is 3. The van der Waals surface area contributed by atoms with Gasteiger partial charge in [-0.1, -0.05) is 0 Å². The van der Waals surface area contributed by atoms with Crippen molar-refractivity contribution >= 4 is 28.5 Å². The van der Waals surface area contributed by atoms with Gasteiger partial charge in [-0.05, 0) is 19.1 Å². The van der Waals surface area contributed by atoms with Gasteiger partial charge in [0.25, 0.3) is 12.3 Å². The van der Waals surface area contributed by atoms with Crippen LogP contribution in [0.4, 0.5) is 14.7 Å². The van der Waals surface area contributed by atoms with E-state index >= 15 is 0 Å². The fourth-order valence-electron chi connectivity index (χ4n) is 3.30. The lowest BCUT2D eigenvalue weighted by molar-refractivity contribution is 0.0886. The second-order valence-corrected chi connectivity index (χ2v) is 7.05. The second kappa shape index (κ2) is 8.64. The fourth-order valence-corrected chi connectivity index (χ4v) is 3.30. The van der Waals surface area contributed by atoms with Crippen molar-refractivity contribution in [1.29, 1.82) is 0 Å². The summed E-state index contributed by atoms with van der Waals surface area (Å²) < 4.78 is 31.5. The van der Waals surface area contributed by atoms with Crippen LogP contribution < -0.4 is 10.6 Å². The summed E-state index contributed by atoms with van der Waals surface area (Å²) in [5.41, 5.74) is 2.98. The first-order valence-electron chi connectivity index (χ1n) is 9.59. The average molecular weight is 429 g/mol. The van der Waals surface area contributed by atoms with E-state index < -0.39 is 18.9 Å². The number of alkyl halides is 2. The van der Waals surface area contributed by atoms with Crippen molar-refractivity contribution in [2.75, 3.05) is 25.6 Å². The summed E-state index contributed by atoms with van der Waals surface area (Å²) in [5.74, 6) is -0.137. The van der Waals surface area contributed by atoms with Crippen molar-refractivity contribution in [2.45, 2.75) is 19.4 Å². The van der Waals surface area contributed by atoms with Crippen LogP contribution in [-0.4, -0.2) is 63.0 Å². The first-order chi connectivity index (χ1) is 15.0. The smallest absolute Gasteiger partial charge is 0.270 e. The van der Waals surface area contributed by atoms with Crippen LogP contribution in [-0.2, 0) is 4.74 Å². The molecule has 1 amide bonds. The Hall–Kier alpha value is -3.60. The van der Waals surface area contributed by atoms with E-state index in [0.717, 1.165) is 16.5 Å². The number of hydrogen-bond acceptors (Lipinski definition) is 6. The molecule has 0 aliphatic rings. The first-order valence-corrected chi connectivity index (χ1v) is 9.59.